The molecule has 1 aromatic rings. The summed E-state index contributed by atoms with van der Waals surface area (Å²) in [7, 11) is 1.79. The first-order valence-corrected chi connectivity index (χ1v) is 7.50. The number of aliphatic carboxylic acids is 1. The molecule has 1 heterocycles. The number of carbonyl (C=O) groups excluding carboxylic acids is 1. The van der Waals surface area contributed by atoms with Gasteiger partial charge in [0.25, 0.3) is 0 Å². The second-order valence-electron chi connectivity index (χ2n) is 5.40. The summed E-state index contributed by atoms with van der Waals surface area (Å²) in [4.78, 5) is 25.2. The molecule has 1 aromatic carbocycles. The molecule has 2 rings (SSSR count). The lowest BCUT2D eigenvalue weighted by molar-refractivity contribution is -0.137. The van der Waals surface area contributed by atoms with Crippen molar-refractivity contribution in [3.05, 3.63) is 23.8 Å². The second-order valence-corrected chi connectivity index (χ2v) is 5.40. The van der Waals surface area contributed by atoms with Crippen LogP contribution in [0.2, 0.25) is 0 Å². The van der Waals surface area contributed by atoms with Crippen LogP contribution in [0.1, 0.15) is 30.1 Å². The van der Waals surface area contributed by atoms with E-state index in [1.165, 1.54) is 0 Å². The summed E-state index contributed by atoms with van der Waals surface area (Å²) in [6.45, 7) is 3.63. The molecule has 6 heteroatoms. The van der Waals surface area contributed by atoms with Crippen molar-refractivity contribution in [2.24, 2.45) is 0 Å². The number of likely N-dealkylation sites (N-methyl/N-ethyl adjacent to an activating group) is 1. The molecule has 0 radical (unpaired) electrons. The monoisotopic (exact) mass is 306 g/mol. The van der Waals surface area contributed by atoms with E-state index >= 15 is 0 Å². The van der Waals surface area contributed by atoms with E-state index in [1.807, 2.05) is 13.0 Å². The van der Waals surface area contributed by atoms with Crippen molar-refractivity contribution in [3.8, 4) is 5.75 Å². The Bertz CT molecular complexity index is 559. The Morgan fingerprint density at radius 1 is 1.45 bits per heavy atom. The Kier molecular flexibility index (Phi) is 5.38. The molecule has 1 atom stereocenters. The van der Waals surface area contributed by atoms with Crippen LogP contribution in [0.4, 0.5) is 5.69 Å². The first-order valence-electron chi connectivity index (χ1n) is 7.50. The van der Waals surface area contributed by atoms with Crippen molar-refractivity contribution in [3.63, 3.8) is 0 Å². The third-order valence-corrected chi connectivity index (χ3v) is 3.84. The maximum Gasteiger partial charge on any atom is 0.304 e. The minimum atomic E-state index is -0.857. The maximum atomic E-state index is 12.7. The Balaban J connectivity index is 2.12. The number of hydrogen-bond acceptors (Lipinski definition) is 5. The van der Waals surface area contributed by atoms with Crippen LogP contribution in [-0.2, 0) is 4.79 Å². The molecule has 1 aliphatic heterocycles. The molecular formula is C16H22N2O4. The number of benzene rings is 1. The van der Waals surface area contributed by atoms with Crippen LogP contribution in [0.3, 0.4) is 0 Å². The van der Waals surface area contributed by atoms with Crippen LogP contribution in [0.5, 0.6) is 5.75 Å². The number of nitrogens with one attached hydrogen (secondary N) is 1. The fourth-order valence-corrected chi connectivity index (χ4v) is 2.61. The van der Waals surface area contributed by atoms with Crippen LogP contribution < -0.4 is 10.1 Å². The van der Waals surface area contributed by atoms with Gasteiger partial charge in [-0.25, -0.2) is 0 Å². The number of carboxylic acid groups (broad SMARTS) is 1. The normalized spacial score (nSPS) is 14.7. The van der Waals surface area contributed by atoms with E-state index in [4.69, 9.17) is 9.84 Å². The average Bonchev–Trinajstić information content (AvgIpc) is 2.53. The Morgan fingerprint density at radius 3 is 2.91 bits per heavy atom. The second kappa shape index (κ2) is 7.26. The van der Waals surface area contributed by atoms with Crippen LogP contribution >= 0.6 is 0 Å². The highest BCUT2D eigenvalue weighted by atomic mass is 16.5. The molecule has 120 valence electrons. The molecule has 1 aliphatic rings. The van der Waals surface area contributed by atoms with E-state index in [-0.39, 0.29) is 18.2 Å². The van der Waals surface area contributed by atoms with Crippen molar-refractivity contribution in [1.82, 2.24) is 4.90 Å². The zero-order valence-corrected chi connectivity index (χ0v) is 13.0. The van der Waals surface area contributed by atoms with Gasteiger partial charge in [-0.05, 0) is 31.7 Å². The highest BCUT2D eigenvalue weighted by Crippen LogP contribution is 2.29. The van der Waals surface area contributed by atoms with Gasteiger partial charge in [0.1, 0.15) is 12.4 Å². The minimum absolute atomic E-state index is 0.00515. The summed E-state index contributed by atoms with van der Waals surface area (Å²) in [5.74, 6) is -0.0927. The van der Waals surface area contributed by atoms with Crippen LogP contribution in [-0.4, -0.2) is 54.5 Å². The molecule has 22 heavy (non-hydrogen) atoms. The van der Waals surface area contributed by atoms with Crippen molar-refractivity contribution in [2.75, 3.05) is 32.1 Å². The molecule has 0 saturated carbocycles. The predicted octanol–water partition coefficient (Wildman–Crippen LogP) is 1.86. The zero-order chi connectivity index (χ0) is 16.1. The zero-order valence-electron chi connectivity index (χ0n) is 13.0. The van der Waals surface area contributed by atoms with Crippen molar-refractivity contribution in [1.29, 1.82) is 0 Å². The molecule has 0 aliphatic carbocycles. The molecule has 2 N–H and O–H groups in total. The van der Waals surface area contributed by atoms with E-state index in [9.17, 15) is 9.59 Å². The smallest absolute Gasteiger partial charge is 0.304 e. The average molecular weight is 306 g/mol. The maximum absolute atomic E-state index is 12.7. The molecule has 0 aromatic heterocycles. The number of carboxylic acids is 1. The highest BCUT2D eigenvalue weighted by Gasteiger charge is 2.24. The summed E-state index contributed by atoms with van der Waals surface area (Å²) in [5, 5.41) is 12.0. The number of anilines is 1. The van der Waals surface area contributed by atoms with Crippen LogP contribution in [0.25, 0.3) is 0 Å². The van der Waals surface area contributed by atoms with Gasteiger partial charge < -0.3 is 15.2 Å². The van der Waals surface area contributed by atoms with Crippen LogP contribution in [0, 0.1) is 0 Å². The molecule has 6 nitrogen and oxygen atoms in total. The molecule has 0 bridgehead atoms. The van der Waals surface area contributed by atoms with Gasteiger partial charge >= 0.3 is 5.97 Å². The first kappa shape index (κ1) is 16.3. The quantitative estimate of drug-likeness (QED) is 0.749. The summed E-state index contributed by atoms with van der Waals surface area (Å²) >= 11 is 0. The number of ether oxygens (including phenoxy) is 1. The lowest BCUT2D eigenvalue weighted by atomic mass is 10.00. The van der Waals surface area contributed by atoms with E-state index in [1.54, 1.807) is 24.1 Å². The molecule has 0 fully saturated rings. The summed E-state index contributed by atoms with van der Waals surface area (Å²) in [6, 6.07) is 5.06. The van der Waals surface area contributed by atoms with E-state index in [2.05, 4.69) is 5.32 Å². The lowest BCUT2D eigenvalue weighted by Gasteiger charge is -2.26. The van der Waals surface area contributed by atoms with E-state index in [0.717, 1.165) is 18.0 Å². The minimum Gasteiger partial charge on any atom is -0.490 e. The number of ketones is 1. The number of nitrogens with zero attached hydrogens (tertiary/aromatic N) is 1. The standard InChI is InChI=1S/C16H22N2O4/c1-3-13(18(2)8-6-15(19)20)16(21)11-4-5-14-12(10-11)17-7-9-22-14/h4-5,10,13,17H,3,6-9H2,1-2H3,(H,19,20). The van der Waals surface area contributed by atoms with Gasteiger partial charge in [-0.15, -0.1) is 0 Å². The van der Waals surface area contributed by atoms with Gasteiger partial charge in [-0.1, -0.05) is 6.92 Å². The molecule has 0 spiro atoms. The van der Waals surface area contributed by atoms with Crippen molar-refractivity contribution in [2.45, 2.75) is 25.8 Å². The molecule has 0 saturated heterocycles. The summed E-state index contributed by atoms with van der Waals surface area (Å²) in [6.07, 6.45) is 0.663. The van der Waals surface area contributed by atoms with E-state index in [0.29, 0.717) is 25.1 Å². The lowest BCUT2D eigenvalue weighted by Crippen LogP contribution is -2.39. The number of rotatable bonds is 7. The van der Waals surface area contributed by atoms with Gasteiger partial charge in [0.2, 0.25) is 0 Å². The van der Waals surface area contributed by atoms with Crippen molar-refractivity contribution >= 4 is 17.4 Å². The van der Waals surface area contributed by atoms with Gasteiger partial charge in [-0.3, -0.25) is 14.5 Å². The third-order valence-electron chi connectivity index (χ3n) is 3.84. The molecule has 0 amide bonds. The Morgan fingerprint density at radius 2 is 2.23 bits per heavy atom. The highest BCUT2D eigenvalue weighted by molar-refractivity contribution is 6.01. The molecule has 1 unspecified atom stereocenters. The van der Waals surface area contributed by atoms with Gasteiger partial charge in [0, 0.05) is 18.7 Å². The number of carbonyl (C=O) groups is 2. The molecular weight excluding hydrogens is 284 g/mol. The Hall–Kier alpha value is -2.08. The van der Waals surface area contributed by atoms with Gasteiger partial charge in [0.05, 0.1) is 18.2 Å². The third kappa shape index (κ3) is 3.76. The van der Waals surface area contributed by atoms with Gasteiger partial charge in [-0.2, -0.15) is 0 Å². The largest absolute Gasteiger partial charge is 0.490 e. The van der Waals surface area contributed by atoms with Gasteiger partial charge in [0.15, 0.2) is 5.78 Å². The topological polar surface area (TPSA) is 78.9 Å². The SMILES string of the molecule is CCC(C(=O)c1ccc2c(c1)NCCO2)N(C)CCC(=O)O. The predicted molar refractivity (Wildman–Crippen MR) is 83.7 cm³/mol. The number of hydrogen-bond donors (Lipinski definition) is 2. The Labute approximate surface area is 130 Å². The summed E-state index contributed by atoms with van der Waals surface area (Å²) in [5.41, 5.74) is 1.45. The fourth-order valence-electron chi connectivity index (χ4n) is 2.61. The number of fused-ring (bicyclic) bond motifs is 1. The van der Waals surface area contributed by atoms with Crippen molar-refractivity contribution < 1.29 is 19.4 Å². The number of Topliss-reactive ketones (excluding diaryl/α,β-unsaturated/α-hetero) is 1. The van der Waals surface area contributed by atoms with Crippen LogP contribution in [0.15, 0.2) is 18.2 Å². The first-order chi connectivity index (χ1) is 10.5. The fraction of sp³-hybridized carbons (Fsp3) is 0.500. The summed E-state index contributed by atoms with van der Waals surface area (Å²) < 4.78 is 5.51. The van der Waals surface area contributed by atoms with E-state index < -0.39 is 5.97 Å².